The normalized spacial score (nSPS) is 14.2. The number of phosphoric ester groups is 1. The van der Waals surface area contributed by atoms with Crippen LogP contribution in [0, 0.1) is 0 Å². The highest BCUT2D eigenvalue weighted by Crippen LogP contribution is 2.43. The summed E-state index contributed by atoms with van der Waals surface area (Å²) < 4.78 is 39.6. The second kappa shape index (κ2) is 59.0. The van der Waals surface area contributed by atoms with Crippen molar-refractivity contribution in [2.75, 3.05) is 26.4 Å². The minimum Gasteiger partial charge on any atom is -0.462 e. The smallest absolute Gasteiger partial charge is 0.462 e. The highest BCUT2D eigenvalue weighted by atomic mass is 31.2. The van der Waals surface area contributed by atoms with Gasteiger partial charge in [-0.2, -0.15) is 0 Å². The van der Waals surface area contributed by atoms with Crippen LogP contribution in [0.1, 0.15) is 239 Å². The zero-order chi connectivity index (χ0) is 56.9. The SMILES string of the molecule is CC/C=C\C/C=C\C/C=C\C/C=C\CCCCCCC(=O)OCC(COP(=O)(O)OCC(CO)OC(=O)CCCCCCC/C=C\C/C=C\C/C=C\CC)OC(=O)CCCCCCCC/C=C\C/C=C\C/C=C\CCCCC. The zero-order valence-electron chi connectivity index (χ0n) is 49.1. The molecule has 0 aromatic heterocycles. The molecule has 0 fully saturated rings. The fourth-order valence-corrected chi connectivity index (χ4v) is 8.56. The number of unbranched alkanes of at least 4 members (excludes halogenated alkanes) is 18. The van der Waals surface area contributed by atoms with E-state index in [0.29, 0.717) is 19.3 Å². The molecule has 0 saturated heterocycles. The third kappa shape index (κ3) is 56.6. The lowest BCUT2D eigenvalue weighted by Crippen LogP contribution is -2.30. The third-order valence-electron chi connectivity index (χ3n) is 12.3. The van der Waals surface area contributed by atoms with Crippen LogP contribution in [0.4, 0.5) is 0 Å². The minimum absolute atomic E-state index is 0.140. The van der Waals surface area contributed by atoms with Crippen molar-refractivity contribution in [1.29, 1.82) is 0 Å². The molecular weight excluding hydrogens is 1000 g/mol. The van der Waals surface area contributed by atoms with Crippen molar-refractivity contribution in [3.05, 3.63) is 122 Å². The maximum atomic E-state index is 12.9. The van der Waals surface area contributed by atoms with E-state index in [-0.39, 0.29) is 25.9 Å². The Hall–Kier alpha value is -4.12. The number of hydrogen-bond donors (Lipinski definition) is 2. The first-order chi connectivity index (χ1) is 38.2. The van der Waals surface area contributed by atoms with Gasteiger partial charge in [0.25, 0.3) is 0 Å². The molecule has 78 heavy (non-hydrogen) atoms. The van der Waals surface area contributed by atoms with Gasteiger partial charge in [0, 0.05) is 19.3 Å². The lowest BCUT2D eigenvalue weighted by Gasteiger charge is -2.21. The summed E-state index contributed by atoms with van der Waals surface area (Å²) in [4.78, 5) is 48.7. The number of carbonyl (C=O) groups excluding carboxylic acids is 3. The van der Waals surface area contributed by atoms with Crippen LogP contribution in [-0.2, 0) is 42.2 Å². The first-order valence-corrected chi connectivity index (χ1v) is 31.9. The van der Waals surface area contributed by atoms with Crippen LogP contribution in [0.25, 0.3) is 0 Å². The lowest BCUT2D eigenvalue weighted by molar-refractivity contribution is -0.161. The van der Waals surface area contributed by atoms with Gasteiger partial charge in [-0.3, -0.25) is 23.4 Å². The molecule has 11 nitrogen and oxygen atoms in total. The van der Waals surface area contributed by atoms with Crippen LogP contribution >= 0.6 is 7.82 Å². The van der Waals surface area contributed by atoms with E-state index in [0.717, 1.165) is 154 Å². The number of ether oxygens (including phenoxy) is 3. The molecule has 0 saturated carbocycles. The van der Waals surface area contributed by atoms with Crippen molar-refractivity contribution in [2.45, 2.75) is 251 Å². The second-order valence-electron chi connectivity index (χ2n) is 19.7. The van der Waals surface area contributed by atoms with E-state index < -0.39 is 57.8 Å². The summed E-state index contributed by atoms with van der Waals surface area (Å²) in [5, 5.41) is 9.83. The Morgan fingerprint density at radius 3 is 1.03 bits per heavy atom. The van der Waals surface area contributed by atoms with Crippen LogP contribution in [0.2, 0.25) is 0 Å². The van der Waals surface area contributed by atoms with Crippen LogP contribution in [0.15, 0.2) is 122 Å². The number of rotatable bonds is 55. The first kappa shape index (κ1) is 73.9. The van der Waals surface area contributed by atoms with Gasteiger partial charge in [-0.1, -0.05) is 213 Å². The fourth-order valence-electron chi connectivity index (χ4n) is 7.78. The standard InChI is InChI=1S/C66H109O11P/c1-4-7-10-13-16-19-22-25-28-30-31-33-36-39-42-45-48-51-54-57-66(70)77-63(59-73-64(68)55-52-49-46-43-40-37-35-32-29-26-23-20-17-14-11-8-5-2)61-75-78(71,72)74-60-62(58-67)76-65(69)56-53-50-47-44-41-38-34-27-24-21-18-15-12-9-6-3/h8-9,11-12,16-21,25-29,31,33-35,37,62-63,67H,4-7,10,13-15,22-24,30,32,36,38-61H2,1-3H3,(H,71,72)/b11-8-,12-9-,19-16-,20-17-,21-18-,28-25-,29-26-,33-31-,34-27-,37-35-. The van der Waals surface area contributed by atoms with Gasteiger partial charge in [-0.25, -0.2) is 4.57 Å². The Morgan fingerprint density at radius 1 is 0.372 bits per heavy atom. The van der Waals surface area contributed by atoms with Crippen molar-refractivity contribution in [3.8, 4) is 0 Å². The summed E-state index contributed by atoms with van der Waals surface area (Å²) in [6.45, 7) is 4.33. The van der Waals surface area contributed by atoms with Crippen LogP contribution in [0.3, 0.4) is 0 Å². The highest BCUT2D eigenvalue weighted by molar-refractivity contribution is 7.47. The Morgan fingerprint density at radius 2 is 0.667 bits per heavy atom. The van der Waals surface area contributed by atoms with Gasteiger partial charge in [0.15, 0.2) is 6.10 Å². The quantitative estimate of drug-likeness (QED) is 0.0197. The summed E-state index contributed by atoms with van der Waals surface area (Å²) in [7, 11) is -4.77. The molecule has 0 rings (SSSR count). The van der Waals surface area contributed by atoms with Gasteiger partial charge in [0.1, 0.15) is 12.7 Å². The van der Waals surface area contributed by atoms with E-state index >= 15 is 0 Å². The molecular formula is C66H109O11P. The van der Waals surface area contributed by atoms with Crippen molar-refractivity contribution >= 4 is 25.7 Å². The Kier molecular flexibility index (Phi) is 55.9. The number of carbonyl (C=O) groups is 3. The van der Waals surface area contributed by atoms with Crippen molar-refractivity contribution in [1.82, 2.24) is 0 Å². The monoisotopic (exact) mass is 1110 g/mol. The third-order valence-corrected chi connectivity index (χ3v) is 13.3. The predicted molar refractivity (Wildman–Crippen MR) is 325 cm³/mol. The summed E-state index contributed by atoms with van der Waals surface area (Å²) in [6.07, 6.45) is 72.9. The number of hydrogen-bond acceptors (Lipinski definition) is 10. The van der Waals surface area contributed by atoms with Crippen molar-refractivity contribution < 1.29 is 52.2 Å². The number of aliphatic hydroxyl groups excluding tert-OH is 1. The van der Waals surface area contributed by atoms with E-state index in [4.69, 9.17) is 23.3 Å². The molecule has 3 unspecified atom stereocenters. The molecule has 0 aromatic carbocycles. The molecule has 0 aliphatic heterocycles. The summed E-state index contributed by atoms with van der Waals surface area (Å²) in [5.74, 6) is -1.53. The molecule has 0 bridgehead atoms. The Bertz CT molecular complexity index is 1770. The van der Waals surface area contributed by atoms with Gasteiger partial charge >= 0.3 is 25.7 Å². The van der Waals surface area contributed by atoms with E-state index in [9.17, 15) is 28.9 Å². The molecule has 0 spiro atoms. The number of esters is 3. The van der Waals surface area contributed by atoms with Gasteiger partial charge in [0.05, 0.1) is 19.8 Å². The van der Waals surface area contributed by atoms with Crippen molar-refractivity contribution in [3.63, 3.8) is 0 Å². The lowest BCUT2D eigenvalue weighted by atomic mass is 10.1. The van der Waals surface area contributed by atoms with E-state index in [2.05, 4.69) is 142 Å². The molecule has 12 heteroatoms. The topological polar surface area (TPSA) is 155 Å². The Labute approximate surface area is 475 Å². The second-order valence-corrected chi connectivity index (χ2v) is 21.2. The molecule has 0 heterocycles. The molecule has 0 amide bonds. The maximum absolute atomic E-state index is 12.9. The molecule has 444 valence electrons. The van der Waals surface area contributed by atoms with Crippen LogP contribution < -0.4 is 0 Å². The van der Waals surface area contributed by atoms with Crippen molar-refractivity contribution in [2.24, 2.45) is 0 Å². The number of aliphatic hydroxyl groups is 1. The minimum atomic E-state index is -4.77. The first-order valence-electron chi connectivity index (χ1n) is 30.4. The van der Waals surface area contributed by atoms with Gasteiger partial charge in [-0.15, -0.1) is 0 Å². The summed E-state index contributed by atoms with van der Waals surface area (Å²) >= 11 is 0. The maximum Gasteiger partial charge on any atom is 0.472 e. The van der Waals surface area contributed by atoms with Gasteiger partial charge in [-0.05, 0) is 128 Å². The van der Waals surface area contributed by atoms with Gasteiger partial charge in [0.2, 0.25) is 0 Å². The molecule has 0 radical (unpaired) electrons. The summed E-state index contributed by atoms with van der Waals surface area (Å²) in [6, 6.07) is 0. The van der Waals surface area contributed by atoms with E-state index in [1.165, 1.54) is 25.7 Å². The molecule has 0 aliphatic rings. The summed E-state index contributed by atoms with van der Waals surface area (Å²) in [5.41, 5.74) is 0. The predicted octanol–water partition coefficient (Wildman–Crippen LogP) is 18.4. The van der Waals surface area contributed by atoms with E-state index in [1.807, 2.05) is 0 Å². The van der Waals surface area contributed by atoms with Crippen LogP contribution in [0.5, 0.6) is 0 Å². The zero-order valence-corrected chi connectivity index (χ0v) is 50.0. The highest BCUT2D eigenvalue weighted by Gasteiger charge is 2.28. The largest absolute Gasteiger partial charge is 0.472 e. The molecule has 0 aromatic rings. The Balaban J connectivity index is 4.82. The van der Waals surface area contributed by atoms with Gasteiger partial charge < -0.3 is 24.2 Å². The van der Waals surface area contributed by atoms with Crippen LogP contribution in [-0.4, -0.2) is 66.5 Å². The fraction of sp³-hybridized carbons (Fsp3) is 0.652. The molecule has 2 N–H and O–H groups in total. The molecule has 3 atom stereocenters. The van der Waals surface area contributed by atoms with E-state index in [1.54, 1.807) is 0 Å². The number of phosphoric acid groups is 1. The average Bonchev–Trinajstić information content (AvgIpc) is 3.43. The molecule has 0 aliphatic carbocycles. The number of allylic oxidation sites excluding steroid dienone is 20. The average molecular weight is 1110 g/mol.